The van der Waals surface area contributed by atoms with Gasteiger partial charge in [0.05, 0.1) is 0 Å². The highest BCUT2D eigenvalue weighted by atomic mass is 16.2. The van der Waals surface area contributed by atoms with E-state index in [1.807, 2.05) is 0 Å². The highest BCUT2D eigenvalue weighted by Gasteiger charge is 2.50. The lowest BCUT2D eigenvalue weighted by molar-refractivity contribution is -0.136. The summed E-state index contributed by atoms with van der Waals surface area (Å²) in [6.45, 7) is 12.9. The summed E-state index contributed by atoms with van der Waals surface area (Å²) in [4.78, 5) is 14.8. The molecule has 0 aromatic rings. The zero-order chi connectivity index (χ0) is 16.6. The van der Waals surface area contributed by atoms with Crippen molar-refractivity contribution in [3.63, 3.8) is 0 Å². The molecule has 0 radical (unpaired) electrons. The highest BCUT2D eigenvalue weighted by Crippen LogP contribution is 2.55. The number of allylic oxidation sites excluding steroid dienone is 2. The molecular formula is C20H37NO. The van der Waals surface area contributed by atoms with Crippen molar-refractivity contribution in [1.29, 1.82) is 0 Å². The van der Waals surface area contributed by atoms with Gasteiger partial charge in [-0.15, -0.1) is 0 Å². The van der Waals surface area contributed by atoms with E-state index >= 15 is 0 Å². The Hall–Kier alpha value is -0.790. The van der Waals surface area contributed by atoms with E-state index in [4.69, 9.17) is 0 Å². The first-order valence-electron chi connectivity index (χ1n) is 9.42. The maximum Gasteiger partial charge on any atom is 0.225 e. The molecule has 2 heteroatoms. The summed E-state index contributed by atoms with van der Waals surface area (Å²) in [5.74, 6) is 1.35. The van der Waals surface area contributed by atoms with Gasteiger partial charge in [0.15, 0.2) is 0 Å². The van der Waals surface area contributed by atoms with Crippen LogP contribution >= 0.6 is 0 Å². The third-order valence-electron chi connectivity index (χ3n) is 5.30. The normalized spacial score (nSPS) is 25.4. The molecule has 1 amide bonds. The Morgan fingerprint density at radius 3 is 2.64 bits per heavy atom. The Kier molecular flexibility index (Phi) is 8.20. The third-order valence-corrected chi connectivity index (χ3v) is 5.30. The second kappa shape index (κ2) is 9.37. The second-order valence-corrected chi connectivity index (χ2v) is 7.43. The van der Waals surface area contributed by atoms with Gasteiger partial charge in [0, 0.05) is 19.0 Å². The summed E-state index contributed by atoms with van der Waals surface area (Å²) >= 11 is 0. The van der Waals surface area contributed by atoms with E-state index in [9.17, 15) is 4.79 Å². The minimum Gasteiger partial charge on any atom is -0.342 e. The molecule has 0 aliphatic heterocycles. The molecule has 0 saturated heterocycles. The van der Waals surface area contributed by atoms with Crippen LogP contribution in [0.5, 0.6) is 0 Å². The Morgan fingerprint density at radius 1 is 1.32 bits per heavy atom. The summed E-state index contributed by atoms with van der Waals surface area (Å²) in [5, 5.41) is 0. The van der Waals surface area contributed by atoms with Crippen molar-refractivity contribution in [2.24, 2.45) is 17.3 Å². The average Bonchev–Trinajstić information content (AvgIpc) is 3.16. The van der Waals surface area contributed by atoms with Crippen molar-refractivity contribution in [3.05, 3.63) is 12.2 Å². The topological polar surface area (TPSA) is 20.3 Å². The van der Waals surface area contributed by atoms with Crippen LogP contribution in [-0.2, 0) is 4.79 Å². The minimum atomic E-state index is 0.171. The van der Waals surface area contributed by atoms with Gasteiger partial charge in [-0.1, -0.05) is 53.2 Å². The van der Waals surface area contributed by atoms with Crippen LogP contribution in [0.15, 0.2) is 12.2 Å². The van der Waals surface area contributed by atoms with E-state index in [0.29, 0.717) is 11.3 Å². The first-order valence-corrected chi connectivity index (χ1v) is 9.42. The predicted octanol–water partition coefficient (Wildman–Crippen LogP) is 5.43. The molecule has 1 saturated carbocycles. The Balaban J connectivity index is 2.51. The van der Waals surface area contributed by atoms with Crippen LogP contribution in [-0.4, -0.2) is 23.9 Å². The van der Waals surface area contributed by atoms with E-state index < -0.39 is 0 Å². The fourth-order valence-electron chi connectivity index (χ4n) is 3.27. The van der Waals surface area contributed by atoms with E-state index in [1.165, 1.54) is 19.3 Å². The number of rotatable bonds is 11. The third kappa shape index (κ3) is 5.78. The van der Waals surface area contributed by atoms with Crippen LogP contribution in [0.25, 0.3) is 0 Å². The summed E-state index contributed by atoms with van der Waals surface area (Å²) in [6, 6.07) is 0. The van der Waals surface area contributed by atoms with E-state index in [0.717, 1.165) is 44.7 Å². The smallest absolute Gasteiger partial charge is 0.225 e. The van der Waals surface area contributed by atoms with E-state index in [2.05, 4.69) is 51.7 Å². The molecular weight excluding hydrogens is 270 g/mol. The molecule has 3 atom stereocenters. The van der Waals surface area contributed by atoms with E-state index in [-0.39, 0.29) is 5.92 Å². The van der Waals surface area contributed by atoms with Gasteiger partial charge in [-0.3, -0.25) is 4.79 Å². The van der Waals surface area contributed by atoms with Gasteiger partial charge in [-0.25, -0.2) is 0 Å². The Morgan fingerprint density at radius 2 is 2.05 bits per heavy atom. The lowest BCUT2D eigenvalue weighted by Crippen LogP contribution is -2.39. The van der Waals surface area contributed by atoms with Crippen molar-refractivity contribution < 1.29 is 4.79 Å². The molecule has 1 aliphatic carbocycles. The van der Waals surface area contributed by atoms with Crippen molar-refractivity contribution >= 4 is 5.91 Å². The summed E-state index contributed by atoms with van der Waals surface area (Å²) in [7, 11) is 0. The maximum absolute atomic E-state index is 12.6. The Labute approximate surface area is 138 Å². The molecule has 0 aromatic heterocycles. The lowest BCUT2D eigenvalue weighted by atomic mass is 10.0. The SMILES string of the molecule is CC/C=C\CCC1CC1(C)CN(CCCC)C(=O)C(C)CC. The van der Waals surface area contributed by atoms with Crippen molar-refractivity contribution in [3.8, 4) is 0 Å². The first-order chi connectivity index (χ1) is 10.5. The molecule has 3 unspecified atom stereocenters. The lowest BCUT2D eigenvalue weighted by Gasteiger charge is -2.29. The van der Waals surface area contributed by atoms with E-state index in [1.54, 1.807) is 0 Å². The maximum atomic E-state index is 12.6. The number of unbranched alkanes of at least 4 members (excludes halogenated alkanes) is 1. The molecule has 1 fully saturated rings. The van der Waals surface area contributed by atoms with Crippen LogP contribution in [0.3, 0.4) is 0 Å². The zero-order valence-corrected chi connectivity index (χ0v) is 15.5. The number of carbonyl (C=O) groups is 1. The molecule has 0 aromatic carbocycles. The summed E-state index contributed by atoms with van der Waals surface area (Å²) in [6.07, 6.45) is 12.7. The molecule has 2 nitrogen and oxygen atoms in total. The van der Waals surface area contributed by atoms with Gasteiger partial charge in [0.2, 0.25) is 5.91 Å². The van der Waals surface area contributed by atoms with Crippen molar-refractivity contribution in [1.82, 2.24) is 4.90 Å². The van der Waals surface area contributed by atoms with Gasteiger partial charge >= 0.3 is 0 Å². The second-order valence-electron chi connectivity index (χ2n) is 7.43. The van der Waals surface area contributed by atoms with Gasteiger partial charge < -0.3 is 4.90 Å². The first kappa shape index (κ1) is 19.3. The number of amides is 1. The van der Waals surface area contributed by atoms with Crippen LogP contribution in [0.4, 0.5) is 0 Å². The molecule has 0 N–H and O–H groups in total. The van der Waals surface area contributed by atoms with Gasteiger partial charge in [-0.05, 0) is 49.9 Å². The minimum absolute atomic E-state index is 0.171. The van der Waals surface area contributed by atoms with Gasteiger partial charge in [0.1, 0.15) is 0 Å². The van der Waals surface area contributed by atoms with Crippen molar-refractivity contribution in [2.45, 2.75) is 79.6 Å². The van der Waals surface area contributed by atoms with Crippen molar-refractivity contribution in [2.75, 3.05) is 13.1 Å². The molecule has 128 valence electrons. The molecule has 22 heavy (non-hydrogen) atoms. The highest BCUT2D eigenvalue weighted by molar-refractivity contribution is 5.78. The van der Waals surface area contributed by atoms with Crippen LogP contribution < -0.4 is 0 Å². The van der Waals surface area contributed by atoms with Crippen LogP contribution in [0, 0.1) is 17.3 Å². The molecule has 0 heterocycles. The molecule has 1 aliphatic rings. The standard InChI is InChI=1S/C20H37NO/c1-6-9-11-12-13-18-15-20(18,5)16-21(14-10-7-2)19(22)17(4)8-3/h9,11,17-18H,6-8,10,12-16H2,1-5H3/b11-9-. The van der Waals surface area contributed by atoms with Crippen LogP contribution in [0.2, 0.25) is 0 Å². The fourth-order valence-corrected chi connectivity index (χ4v) is 3.27. The average molecular weight is 308 g/mol. The molecule has 1 rings (SSSR count). The fraction of sp³-hybridized carbons (Fsp3) is 0.850. The quantitative estimate of drug-likeness (QED) is 0.466. The number of nitrogens with zero attached hydrogens (tertiary/aromatic N) is 1. The number of hydrogen-bond donors (Lipinski definition) is 0. The van der Waals surface area contributed by atoms with Gasteiger partial charge in [0.25, 0.3) is 0 Å². The number of hydrogen-bond acceptors (Lipinski definition) is 1. The van der Waals surface area contributed by atoms with Gasteiger partial charge in [-0.2, -0.15) is 0 Å². The Bertz CT molecular complexity index is 363. The van der Waals surface area contributed by atoms with Crippen LogP contribution in [0.1, 0.15) is 79.6 Å². The largest absolute Gasteiger partial charge is 0.342 e. The zero-order valence-electron chi connectivity index (χ0n) is 15.5. The predicted molar refractivity (Wildman–Crippen MR) is 95.8 cm³/mol. The number of carbonyl (C=O) groups excluding carboxylic acids is 1. The molecule has 0 bridgehead atoms. The summed E-state index contributed by atoms with van der Waals surface area (Å²) in [5.41, 5.74) is 0.372. The molecule has 0 spiro atoms. The monoisotopic (exact) mass is 307 g/mol. The summed E-state index contributed by atoms with van der Waals surface area (Å²) < 4.78 is 0.